The second-order valence-corrected chi connectivity index (χ2v) is 17.5. The minimum atomic E-state index is -3.56. The van der Waals surface area contributed by atoms with E-state index >= 15 is 0 Å². The van der Waals surface area contributed by atoms with Crippen molar-refractivity contribution in [3.05, 3.63) is 0 Å². The normalized spacial score (nSPS) is 37.9. The van der Waals surface area contributed by atoms with Crippen LogP contribution in [-0.2, 0) is 38.1 Å². The summed E-state index contributed by atoms with van der Waals surface area (Å²) in [5, 5.41) is 0. The molecule has 0 heterocycles. The van der Waals surface area contributed by atoms with Gasteiger partial charge in [-0.05, 0) is 146 Å². The monoisotopic (exact) mass is 702 g/mol. The van der Waals surface area contributed by atoms with Crippen molar-refractivity contribution in [2.45, 2.75) is 136 Å². The smallest absolute Gasteiger partial charge is 0.376 e. The summed E-state index contributed by atoms with van der Waals surface area (Å²) in [7, 11) is 0. The minimum absolute atomic E-state index is 0.377. The van der Waals surface area contributed by atoms with Crippen LogP contribution in [0.4, 0.5) is 17.6 Å². The zero-order chi connectivity index (χ0) is 36.3. The molecule has 1 atom stereocenters. The molecule has 0 aromatic rings. The van der Waals surface area contributed by atoms with Gasteiger partial charge >= 0.3 is 35.7 Å². The number of esters is 4. The van der Waals surface area contributed by atoms with E-state index < -0.39 is 64.9 Å². The quantitative estimate of drug-likeness (QED) is 0.131. The number of rotatable bonds is 10. The lowest BCUT2D eigenvalue weighted by molar-refractivity contribution is -0.214. The average molecular weight is 703 g/mol. The Kier molecular flexibility index (Phi) is 10.3. The van der Waals surface area contributed by atoms with Crippen LogP contribution in [0.5, 0.6) is 0 Å². The number of hydrogen-bond acceptors (Lipinski definition) is 8. The van der Waals surface area contributed by atoms with Crippen LogP contribution >= 0.6 is 0 Å². The largest absolute Gasteiger partial charge is 0.460 e. The first-order chi connectivity index (χ1) is 22.5. The predicted octanol–water partition coefficient (Wildman–Crippen LogP) is 7.55. The Morgan fingerprint density at radius 1 is 0.592 bits per heavy atom. The number of carbonyl (C=O) groups excluding carboxylic acids is 4. The van der Waals surface area contributed by atoms with Gasteiger partial charge in [0.05, 0.1) is 11.3 Å². The van der Waals surface area contributed by atoms with E-state index in [1.165, 1.54) is 12.8 Å². The van der Waals surface area contributed by atoms with E-state index in [9.17, 15) is 36.7 Å². The van der Waals surface area contributed by atoms with E-state index in [2.05, 4.69) is 9.47 Å². The second kappa shape index (κ2) is 13.3. The Morgan fingerprint density at radius 3 is 1.31 bits per heavy atom. The molecule has 0 aliphatic heterocycles. The molecule has 0 N–H and O–H groups in total. The van der Waals surface area contributed by atoms with E-state index in [-0.39, 0.29) is 6.61 Å². The zero-order valence-corrected chi connectivity index (χ0v) is 30.0. The highest BCUT2D eigenvalue weighted by Crippen LogP contribution is 2.61. The third-order valence-electron chi connectivity index (χ3n) is 12.9. The summed E-state index contributed by atoms with van der Waals surface area (Å²) >= 11 is 0. The highest BCUT2D eigenvalue weighted by atomic mass is 19.3. The van der Waals surface area contributed by atoms with Crippen LogP contribution in [0, 0.1) is 58.7 Å². The van der Waals surface area contributed by atoms with Gasteiger partial charge in [-0.25, -0.2) is 9.59 Å². The van der Waals surface area contributed by atoms with Gasteiger partial charge in [-0.2, -0.15) is 17.6 Å². The summed E-state index contributed by atoms with van der Waals surface area (Å²) in [6.07, 6.45) is 11.5. The summed E-state index contributed by atoms with van der Waals surface area (Å²) in [6.45, 7) is 8.90. The Morgan fingerprint density at radius 2 is 0.939 bits per heavy atom. The van der Waals surface area contributed by atoms with Crippen molar-refractivity contribution in [3.8, 4) is 0 Å². The predicted molar refractivity (Wildman–Crippen MR) is 169 cm³/mol. The molecule has 0 saturated heterocycles. The first-order valence-electron chi connectivity index (χ1n) is 18.1. The number of hydrogen-bond donors (Lipinski definition) is 0. The topological polar surface area (TPSA) is 105 Å². The Hall–Kier alpha value is -2.40. The van der Waals surface area contributed by atoms with Crippen LogP contribution < -0.4 is 0 Å². The molecule has 0 amide bonds. The molecule has 0 radical (unpaired) electrons. The van der Waals surface area contributed by atoms with Gasteiger partial charge in [0.2, 0.25) is 0 Å². The van der Waals surface area contributed by atoms with Gasteiger partial charge in [0, 0.05) is 13.8 Å². The van der Waals surface area contributed by atoms with Crippen LogP contribution in [0.25, 0.3) is 0 Å². The zero-order valence-electron chi connectivity index (χ0n) is 30.0. The van der Waals surface area contributed by atoms with E-state index in [1.54, 1.807) is 20.8 Å². The number of ether oxygens (including phenoxy) is 4. The molecular weight excluding hydrogens is 648 g/mol. The third-order valence-corrected chi connectivity index (χ3v) is 12.9. The van der Waals surface area contributed by atoms with Crippen molar-refractivity contribution in [3.63, 3.8) is 0 Å². The summed E-state index contributed by atoms with van der Waals surface area (Å²) in [5.74, 6) is -7.41. The third kappa shape index (κ3) is 7.92. The van der Waals surface area contributed by atoms with Crippen molar-refractivity contribution in [1.82, 2.24) is 0 Å². The van der Waals surface area contributed by atoms with Gasteiger partial charge in [-0.3, -0.25) is 9.59 Å². The van der Waals surface area contributed by atoms with Crippen LogP contribution in [0.3, 0.4) is 0 Å². The molecule has 0 aromatic heterocycles. The average Bonchev–Trinajstić information content (AvgIpc) is 2.98. The van der Waals surface area contributed by atoms with E-state index in [1.807, 2.05) is 13.8 Å². The molecule has 1 unspecified atom stereocenters. The van der Waals surface area contributed by atoms with Gasteiger partial charge in [-0.1, -0.05) is 0 Å². The first-order valence-corrected chi connectivity index (χ1v) is 18.1. The fourth-order valence-electron chi connectivity index (χ4n) is 10.1. The standard InChI is InChI=1S/C19H28F2O4.C18H26F2O4/c1-17(2,10-24-16(23)19(4,20)21)15(22)25-18(3)13-6-11-5-12(8-13)9-14(18)7-11;1-10(9-23-16(22)18(3,19)20)15(21)24-17(2)13-5-11-4-12(7-13)8-14(17)6-11/h11-14H,5-10H2,1-4H3;10-14H,4-9H2,1-3H3. The highest BCUT2D eigenvalue weighted by molar-refractivity contribution is 5.79. The molecule has 0 spiro atoms. The summed E-state index contributed by atoms with van der Waals surface area (Å²) in [4.78, 5) is 47.5. The summed E-state index contributed by atoms with van der Waals surface area (Å²) in [5.41, 5.74) is -2.10. The van der Waals surface area contributed by atoms with Gasteiger partial charge < -0.3 is 18.9 Å². The van der Waals surface area contributed by atoms with E-state index in [4.69, 9.17) is 9.47 Å². The maximum atomic E-state index is 12.9. The fourth-order valence-corrected chi connectivity index (χ4v) is 10.1. The van der Waals surface area contributed by atoms with Crippen molar-refractivity contribution in [2.75, 3.05) is 13.2 Å². The molecular formula is C37H54F4O8. The van der Waals surface area contributed by atoms with Crippen LogP contribution in [0.15, 0.2) is 0 Å². The minimum Gasteiger partial charge on any atom is -0.460 e. The highest BCUT2D eigenvalue weighted by Gasteiger charge is 2.59. The lowest BCUT2D eigenvalue weighted by atomic mass is 9.50. The van der Waals surface area contributed by atoms with Gasteiger partial charge in [0.1, 0.15) is 24.4 Å². The first kappa shape index (κ1) is 37.8. The van der Waals surface area contributed by atoms with Crippen LogP contribution in [0.2, 0.25) is 0 Å². The van der Waals surface area contributed by atoms with Crippen molar-refractivity contribution >= 4 is 23.9 Å². The lowest BCUT2D eigenvalue weighted by Crippen LogP contribution is -2.59. The fraction of sp³-hybridized carbons (Fsp3) is 0.892. The molecule has 8 aliphatic rings. The van der Waals surface area contributed by atoms with Gasteiger partial charge in [0.25, 0.3) is 0 Å². The summed E-state index contributed by atoms with van der Waals surface area (Å²) in [6, 6.07) is 0. The number of halogens is 4. The molecule has 8 rings (SSSR count). The van der Waals surface area contributed by atoms with E-state index in [0.29, 0.717) is 37.5 Å². The Labute approximate surface area is 287 Å². The SMILES string of the molecule is CC(COC(=O)C(C)(F)F)C(=O)OC1(C)C2CC3CC(C2)CC1C3.CC(F)(F)C(=O)OCC(C)(C)C(=O)OC1(C)C2CC3CC(C2)CC1C3. The second-order valence-electron chi connectivity index (χ2n) is 17.5. The molecule has 8 fully saturated rings. The maximum Gasteiger partial charge on any atom is 0.376 e. The Balaban J connectivity index is 0.000000191. The van der Waals surface area contributed by atoms with E-state index in [0.717, 1.165) is 75.0 Å². The van der Waals surface area contributed by atoms with Crippen molar-refractivity contribution in [2.24, 2.45) is 58.7 Å². The van der Waals surface area contributed by atoms with Crippen molar-refractivity contribution < 1.29 is 55.7 Å². The number of carbonyl (C=O) groups is 4. The molecule has 8 saturated carbocycles. The molecule has 0 aromatic carbocycles. The summed E-state index contributed by atoms with van der Waals surface area (Å²) < 4.78 is 72.5. The van der Waals surface area contributed by atoms with Crippen LogP contribution in [-0.4, -0.2) is 60.1 Å². The molecule has 8 nitrogen and oxygen atoms in total. The van der Waals surface area contributed by atoms with Crippen LogP contribution in [0.1, 0.15) is 113 Å². The maximum absolute atomic E-state index is 12.9. The molecule has 12 heteroatoms. The molecule has 49 heavy (non-hydrogen) atoms. The van der Waals surface area contributed by atoms with Gasteiger partial charge in [-0.15, -0.1) is 0 Å². The molecule has 8 aliphatic carbocycles. The Bertz CT molecular complexity index is 1230. The van der Waals surface area contributed by atoms with Crippen molar-refractivity contribution in [1.29, 1.82) is 0 Å². The van der Waals surface area contributed by atoms with Gasteiger partial charge in [0.15, 0.2) is 0 Å². The number of alkyl halides is 4. The molecule has 278 valence electrons. The lowest BCUT2D eigenvalue weighted by Gasteiger charge is -2.59. The molecule has 8 bridgehead atoms.